The summed E-state index contributed by atoms with van der Waals surface area (Å²) in [5.41, 5.74) is 1.74. The molecule has 0 saturated carbocycles. The van der Waals surface area contributed by atoms with Gasteiger partial charge in [-0.05, 0) is 24.3 Å². The third-order valence-corrected chi connectivity index (χ3v) is 3.06. The van der Waals surface area contributed by atoms with Crippen LogP contribution in [0.4, 0.5) is 10.5 Å². The Morgan fingerprint density at radius 2 is 1.76 bits per heavy atom. The average Bonchev–Trinajstić information content (AvgIpc) is 2.55. The van der Waals surface area contributed by atoms with Crippen LogP contribution in [0.15, 0.2) is 60.8 Å². The van der Waals surface area contributed by atoms with Crippen LogP contribution in [-0.2, 0) is 0 Å². The van der Waals surface area contributed by atoms with Crippen molar-refractivity contribution in [3.05, 3.63) is 66.4 Å². The summed E-state index contributed by atoms with van der Waals surface area (Å²) in [6, 6.07) is 16.9. The highest BCUT2D eigenvalue weighted by atomic mass is 16.5. The third-order valence-electron chi connectivity index (χ3n) is 3.06. The molecule has 0 unspecified atom stereocenters. The van der Waals surface area contributed by atoms with Crippen LogP contribution in [0.3, 0.4) is 0 Å². The van der Waals surface area contributed by atoms with Crippen molar-refractivity contribution in [1.82, 2.24) is 5.32 Å². The largest absolute Gasteiger partial charge is 0.496 e. The molecule has 0 atom stereocenters. The molecule has 21 heavy (non-hydrogen) atoms. The Balaban J connectivity index is 1.99. The van der Waals surface area contributed by atoms with E-state index in [1.807, 2.05) is 54.6 Å². The second-order valence-electron chi connectivity index (χ2n) is 4.42. The van der Waals surface area contributed by atoms with Crippen molar-refractivity contribution in [2.45, 2.75) is 0 Å². The molecule has 0 aliphatic rings. The number of nitrogens with zero attached hydrogens (tertiary/aromatic N) is 1. The highest BCUT2D eigenvalue weighted by Gasteiger charge is 2.07. The molecule has 0 aliphatic carbocycles. The molecule has 4 nitrogen and oxygen atoms in total. The van der Waals surface area contributed by atoms with Gasteiger partial charge in [0.15, 0.2) is 0 Å². The fourth-order valence-corrected chi connectivity index (χ4v) is 1.87. The molecule has 2 aromatic rings. The molecule has 4 heteroatoms. The lowest BCUT2D eigenvalue weighted by Crippen LogP contribution is -2.34. The number of amides is 2. The lowest BCUT2D eigenvalue weighted by atomic mass is 10.2. The molecule has 2 aromatic carbocycles. The number of para-hydroxylation sites is 2. The van der Waals surface area contributed by atoms with Crippen molar-refractivity contribution in [3.63, 3.8) is 0 Å². The number of carbonyl (C=O) groups is 1. The van der Waals surface area contributed by atoms with Gasteiger partial charge in [-0.15, -0.1) is 0 Å². The van der Waals surface area contributed by atoms with Gasteiger partial charge in [0.25, 0.3) is 0 Å². The highest BCUT2D eigenvalue weighted by Crippen LogP contribution is 2.18. The molecule has 0 radical (unpaired) electrons. The minimum atomic E-state index is -0.202. The Labute approximate surface area is 124 Å². The van der Waals surface area contributed by atoms with E-state index in [4.69, 9.17) is 4.74 Å². The molecule has 1 N–H and O–H groups in total. The first-order valence-electron chi connectivity index (χ1n) is 6.61. The van der Waals surface area contributed by atoms with Gasteiger partial charge in [-0.25, -0.2) is 4.79 Å². The molecule has 2 rings (SSSR count). The summed E-state index contributed by atoms with van der Waals surface area (Å²) in [6.07, 6.45) is 3.41. The summed E-state index contributed by atoms with van der Waals surface area (Å²) in [5.74, 6) is 0.763. The molecule has 2 amide bonds. The molecule has 0 heterocycles. The van der Waals surface area contributed by atoms with E-state index in [-0.39, 0.29) is 6.03 Å². The molecule has 0 bridgehead atoms. The maximum absolute atomic E-state index is 12.0. The van der Waals surface area contributed by atoms with E-state index in [9.17, 15) is 4.79 Å². The van der Waals surface area contributed by atoms with Crippen LogP contribution in [0.5, 0.6) is 5.75 Å². The minimum Gasteiger partial charge on any atom is -0.496 e. The van der Waals surface area contributed by atoms with Crippen LogP contribution < -0.4 is 15.0 Å². The molecule has 0 aliphatic heterocycles. The Bertz CT molecular complexity index is 624. The maximum atomic E-state index is 12.0. The van der Waals surface area contributed by atoms with Gasteiger partial charge in [0, 0.05) is 24.5 Å². The summed E-state index contributed by atoms with van der Waals surface area (Å²) in [4.78, 5) is 13.6. The zero-order valence-corrected chi connectivity index (χ0v) is 12.1. The lowest BCUT2D eigenvalue weighted by molar-refractivity contribution is 0.250. The lowest BCUT2D eigenvalue weighted by Gasteiger charge is -2.16. The Kier molecular flexibility index (Phi) is 4.99. The molecule has 0 saturated heterocycles. The zero-order valence-electron chi connectivity index (χ0n) is 12.1. The first-order valence-corrected chi connectivity index (χ1v) is 6.61. The van der Waals surface area contributed by atoms with Gasteiger partial charge in [-0.2, -0.15) is 0 Å². The van der Waals surface area contributed by atoms with Crippen molar-refractivity contribution in [3.8, 4) is 5.75 Å². The predicted octanol–water partition coefficient (Wildman–Crippen LogP) is 3.51. The topological polar surface area (TPSA) is 41.6 Å². The Hall–Kier alpha value is -2.75. The summed E-state index contributed by atoms with van der Waals surface area (Å²) in [6.45, 7) is 0. The number of nitrogens with one attached hydrogen (secondary N) is 1. The van der Waals surface area contributed by atoms with Crippen molar-refractivity contribution in [1.29, 1.82) is 0 Å². The zero-order chi connectivity index (χ0) is 15.1. The van der Waals surface area contributed by atoms with Crippen LogP contribution in [0.2, 0.25) is 0 Å². The van der Waals surface area contributed by atoms with Gasteiger partial charge in [-0.3, -0.25) is 4.90 Å². The van der Waals surface area contributed by atoms with E-state index in [2.05, 4.69) is 5.32 Å². The van der Waals surface area contributed by atoms with Crippen LogP contribution in [0.1, 0.15) is 5.56 Å². The SMILES string of the molecule is COc1ccccc1/C=C/NC(=O)N(C)c1ccccc1. The van der Waals surface area contributed by atoms with Crippen LogP contribution in [0.25, 0.3) is 6.08 Å². The van der Waals surface area contributed by atoms with Crippen molar-refractivity contribution < 1.29 is 9.53 Å². The number of ether oxygens (including phenoxy) is 1. The summed E-state index contributed by atoms with van der Waals surface area (Å²) < 4.78 is 5.25. The number of hydrogen-bond acceptors (Lipinski definition) is 2. The molecular formula is C17H18N2O2. The van der Waals surface area contributed by atoms with E-state index in [1.165, 1.54) is 0 Å². The molecule has 0 spiro atoms. The maximum Gasteiger partial charge on any atom is 0.325 e. The quantitative estimate of drug-likeness (QED) is 0.932. The first kappa shape index (κ1) is 14.7. The van der Waals surface area contributed by atoms with Gasteiger partial charge in [-0.1, -0.05) is 36.4 Å². The highest BCUT2D eigenvalue weighted by molar-refractivity contribution is 5.92. The van der Waals surface area contributed by atoms with Gasteiger partial charge in [0.05, 0.1) is 7.11 Å². The van der Waals surface area contributed by atoms with Crippen LogP contribution in [-0.4, -0.2) is 20.2 Å². The second-order valence-corrected chi connectivity index (χ2v) is 4.42. The average molecular weight is 282 g/mol. The Morgan fingerprint density at radius 1 is 1.10 bits per heavy atom. The van der Waals surface area contributed by atoms with Crippen molar-refractivity contribution in [2.24, 2.45) is 0 Å². The summed E-state index contributed by atoms with van der Waals surface area (Å²) in [7, 11) is 3.34. The van der Waals surface area contributed by atoms with E-state index in [0.29, 0.717) is 0 Å². The number of urea groups is 1. The number of carbonyl (C=O) groups excluding carboxylic acids is 1. The second kappa shape index (κ2) is 7.14. The number of methoxy groups -OCH3 is 1. The summed E-state index contributed by atoms with van der Waals surface area (Å²) >= 11 is 0. The monoisotopic (exact) mass is 282 g/mol. The number of anilines is 1. The van der Waals surface area contributed by atoms with Crippen LogP contribution in [0, 0.1) is 0 Å². The molecule has 0 aromatic heterocycles. The van der Waals surface area contributed by atoms with E-state index in [0.717, 1.165) is 17.0 Å². The third kappa shape index (κ3) is 3.86. The van der Waals surface area contributed by atoms with E-state index < -0.39 is 0 Å². The first-order chi connectivity index (χ1) is 10.2. The van der Waals surface area contributed by atoms with Gasteiger partial charge >= 0.3 is 6.03 Å². The minimum absolute atomic E-state index is 0.202. The standard InChI is InChI=1S/C17H18N2O2/c1-19(15-9-4-3-5-10-15)17(20)18-13-12-14-8-6-7-11-16(14)21-2/h3-13H,1-2H3,(H,18,20)/b13-12+. The number of hydrogen-bond donors (Lipinski definition) is 1. The Morgan fingerprint density at radius 3 is 2.48 bits per heavy atom. The normalized spacial score (nSPS) is 10.4. The smallest absolute Gasteiger partial charge is 0.325 e. The summed E-state index contributed by atoms with van der Waals surface area (Å²) in [5, 5.41) is 2.73. The van der Waals surface area contributed by atoms with Crippen molar-refractivity contribution >= 4 is 17.8 Å². The van der Waals surface area contributed by atoms with Gasteiger partial charge < -0.3 is 10.1 Å². The fourth-order valence-electron chi connectivity index (χ4n) is 1.87. The van der Waals surface area contributed by atoms with Gasteiger partial charge in [0.1, 0.15) is 5.75 Å². The predicted molar refractivity (Wildman–Crippen MR) is 85.4 cm³/mol. The number of rotatable bonds is 4. The fraction of sp³-hybridized carbons (Fsp3) is 0.118. The molecule has 108 valence electrons. The van der Waals surface area contributed by atoms with Crippen LogP contribution >= 0.6 is 0 Å². The van der Waals surface area contributed by atoms with E-state index in [1.54, 1.807) is 31.3 Å². The van der Waals surface area contributed by atoms with E-state index >= 15 is 0 Å². The van der Waals surface area contributed by atoms with Gasteiger partial charge in [0.2, 0.25) is 0 Å². The molecule has 0 fully saturated rings. The molecular weight excluding hydrogens is 264 g/mol. The van der Waals surface area contributed by atoms with Crippen molar-refractivity contribution in [2.75, 3.05) is 19.1 Å². The number of benzene rings is 2.